The Morgan fingerprint density at radius 2 is 1.25 bits per heavy atom. The number of phenols is 3. The fourth-order valence-electron chi connectivity index (χ4n) is 7.81. The number of carbonyl (C=O) groups excluding carboxylic acids is 7. The largest absolute Gasteiger partial charge is 0.507 e. The molecule has 0 fully saturated rings. The van der Waals surface area contributed by atoms with Crippen molar-refractivity contribution in [2.75, 3.05) is 0 Å². The summed E-state index contributed by atoms with van der Waals surface area (Å²) in [6, 6.07) is 6.04. The van der Waals surface area contributed by atoms with Gasteiger partial charge in [-0.05, 0) is 63.6 Å². The highest BCUT2D eigenvalue weighted by atomic mass is 16.5. The van der Waals surface area contributed by atoms with Crippen molar-refractivity contribution in [1.82, 2.24) is 0 Å². The van der Waals surface area contributed by atoms with Crippen molar-refractivity contribution in [3.05, 3.63) is 86.0 Å². The number of Topliss-reactive ketones (excluding diaryl/α,β-unsaturated/α-hetero) is 3. The van der Waals surface area contributed by atoms with E-state index in [9.17, 15) is 54.0 Å². The van der Waals surface area contributed by atoms with Gasteiger partial charge in [0.2, 0.25) is 11.6 Å². The van der Waals surface area contributed by atoms with Crippen LogP contribution in [-0.2, 0) is 23.9 Å². The van der Waals surface area contributed by atoms with E-state index in [2.05, 4.69) is 0 Å². The van der Waals surface area contributed by atoms with E-state index >= 15 is 0 Å². The average molecular weight is 697 g/mol. The second-order valence-electron chi connectivity index (χ2n) is 13.3. The zero-order chi connectivity index (χ0) is 37.6. The van der Waals surface area contributed by atoms with Crippen molar-refractivity contribution < 1.29 is 63.5 Å². The second kappa shape index (κ2) is 11.8. The minimum absolute atomic E-state index is 0.193. The highest BCUT2D eigenvalue weighted by molar-refractivity contribution is 6.38. The Labute approximate surface area is 290 Å². The highest BCUT2D eigenvalue weighted by Crippen LogP contribution is 2.50. The first-order valence-electron chi connectivity index (χ1n) is 15.9. The van der Waals surface area contributed by atoms with Crippen molar-refractivity contribution in [2.45, 2.75) is 65.8 Å². The smallest absolute Gasteiger partial charge is 0.303 e. The molecule has 13 nitrogen and oxygen atoms in total. The fraction of sp³-hybridized carbons (Fsp3) is 0.289. The van der Waals surface area contributed by atoms with Gasteiger partial charge in [0.05, 0.1) is 33.8 Å². The minimum Gasteiger partial charge on any atom is -0.507 e. The molecule has 6 rings (SSSR count). The first kappa shape index (κ1) is 34.9. The fourth-order valence-corrected chi connectivity index (χ4v) is 7.81. The van der Waals surface area contributed by atoms with E-state index in [1.807, 2.05) is 0 Å². The molecule has 0 saturated heterocycles. The zero-order valence-corrected chi connectivity index (χ0v) is 28.3. The molecule has 51 heavy (non-hydrogen) atoms. The van der Waals surface area contributed by atoms with Crippen LogP contribution in [-0.4, -0.2) is 73.0 Å². The van der Waals surface area contributed by atoms with Gasteiger partial charge in [0.1, 0.15) is 29.5 Å². The lowest BCUT2D eigenvalue weighted by Gasteiger charge is -2.42. The quantitative estimate of drug-likeness (QED) is 0.170. The Balaban J connectivity index is 1.49. The number of ketones is 5. The van der Waals surface area contributed by atoms with Crippen LogP contribution in [0.1, 0.15) is 111 Å². The monoisotopic (exact) mass is 696 g/mol. The predicted molar refractivity (Wildman–Crippen MR) is 176 cm³/mol. The van der Waals surface area contributed by atoms with Crippen LogP contribution in [0.25, 0.3) is 11.1 Å². The number of ether oxygens (including phenoxy) is 2. The molecule has 0 amide bonds. The van der Waals surface area contributed by atoms with Crippen LogP contribution in [0, 0.1) is 12.8 Å². The summed E-state index contributed by atoms with van der Waals surface area (Å²) in [4.78, 5) is 92.6. The zero-order valence-electron chi connectivity index (χ0n) is 28.3. The molecule has 0 aromatic heterocycles. The Morgan fingerprint density at radius 3 is 1.80 bits per heavy atom. The maximum atomic E-state index is 14.0. The summed E-state index contributed by atoms with van der Waals surface area (Å²) in [6.07, 6.45) is -2.69. The van der Waals surface area contributed by atoms with Gasteiger partial charge >= 0.3 is 11.9 Å². The van der Waals surface area contributed by atoms with Crippen LogP contribution >= 0.6 is 0 Å². The number of allylic oxidation sites excluding steroid dienone is 1. The molecule has 3 aliphatic carbocycles. The van der Waals surface area contributed by atoms with Gasteiger partial charge in [-0.3, -0.25) is 33.6 Å². The molecule has 4 unspecified atom stereocenters. The number of hydrogen-bond donors (Lipinski definition) is 4. The number of aliphatic hydroxyl groups is 1. The van der Waals surface area contributed by atoms with Crippen LogP contribution in [0.3, 0.4) is 0 Å². The van der Waals surface area contributed by atoms with Gasteiger partial charge in [-0.15, -0.1) is 0 Å². The van der Waals surface area contributed by atoms with E-state index in [1.54, 1.807) is 6.92 Å². The third-order valence-electron chi connectivity index (χ3n) is 9.69. The van der Waals surface area contributed by atoms with E-state index < -0.39 is 111 Å². The first-order valence-corrected chi connectivity index (χ1v) is 15.9. The van der Waals surface area contributed by atoms with Crippen LogP contribution in [0.15, 0.2) is 41.5 Å². The summed E-state index contributed by atoms with van der Waals surface area (Å²) in [5, 5.41) is 45.1. The summed E-state index contributed by atoms with van der Waals surface area (Å²) in [5.74, 6) is -9.25. The predicted octanol–water partition coefficient (Wildman–Crippen LogP) is 4.15. The maximum Gasteiger partial charge on any atom is 0.303 e. The van der Waals surface area contributed by atoms with E-state index in [4.69, 9.17) is 9.47 Å². The molecule has 13 heteroatoms. The maximum absolute atomic E-state index is 14.0. The molecule has 0 spiro atoms. The summed E-state index contributed by atoms with van der Waals surface area (Å²) in [6.45, 7) is 8.08. The number of esters is 2. The molecular weight excluding hydrogens is 664 g/mol. The molecule has 0 radical (unpaired) electrons. The molecule has 3 aromatic rings. The van der Waals surface area contributed by atoms with Crippen molar-refractivity contribution in [3.63, 3.8) is 0 Å². The van der Waals surface area contributed by atoms with Crippen molar-refractivity contribution in [3.8, 4) is 28.4 Å². The molecule has 0 bridgehead atoms. The van der Waals surface area contributed by atoms with Crippen LogP contribution in [0.5, 0.6) is 17.2 Å². The molecule has 3 aromatic carbocycles. The van der Waals surface area contributed by atoms with Gasteiger partial charge in [-0.25, -0.2) is 0 Å². The molecule has 3 aliphatic rings. The number of benzene rings is 3. The Kier molecular flexibility index (Phi) is 8.10. The lowest BCUT2D eigenvalue weighted by molar-refractivity contribution is -0.153. The number of aromatic hydroxyl groups is 3. The van der Waals surface area contributed by atoms with E-state index in [1.165, 1.54) is 58.0 Å². The number of fused-ring (bicyclic) bond motifs is 3. The summed E-state index contributed by atoms with van der Waals surface area (Å²) < 4.78 is 10.5. The van der Waals surface area contributed by atoms with Crippen molar-refractivity contribution >= 4 is 40.9 Å². The summed E-state index contributed by atoms with van der Waals surface area (Å²) >= 11 is 0. The minimum atomic E-state index is -1.87. The Bertz CT molecular complexity index is 2240. The average Bonchev–Trinajstić information content (AvgIpc) is 3.00. The lowest BCUT2D eigenvalue weighted by atomic mass is 9.64. The van der Waals surface area contributed by atoms with Crippen LogP contribution in [0.2, 0.25) is 0 Å². The third-order valence-corrected chi connectivity index (χ3v) is 9.69. The molecule has 0 aliphatic heterocycles. The SMILES string of the molecule is CC(=O)OC(C)c1c(C)cc(O)c2c1C(=O)c1ccc(-c3ccc4c(c3O)C(=O)C3=C(C4=O)C(C(C)OC(C)=O)C(C)(O)CC3=O)c(O)c1C2=O. The summed E-state index contributed by atoms with van der Waals surface area (Å²) in [7, 11) is 0. The van der Waals surface area contributed by atoms with Crippen LogP contribution in [0.4, 0.5) is 0 Å². The van der Waals surface area contributed by atoms with E-state index in [0.717, 1.165) is 6.92 Å². The number of hydrogen-bond acceptors (Lipinski definition) is 13. The molecule has 4 N–H and O–H groups in total. The van der Waals surface area contributed by atoms with E-state index in [-0.39, 0.29) is 39.0 Å². The highest BCUT2D eigenvalue weighted by Gasteiger charge is 2.53. The Hall–Kier alpha value is -5.95. The molecular formula is C38H32O13. The van der Waals surface area contributed by atoms with Gasteiger partial charge in [0.15, 0.2) is 17.3 Å². The van der Waals surface area contributed by atoms with Gasteiger partial charge in [0, 0.05) is 59.2 Å². The number of aryl methyl sites for hydroxylation is 1. The Morgan fingerprint density at radius 1 is 0.745 bits per heavy atom. The number of carbonyl (C=O) groups is 7. The first-order chi connectivity index (χ1) is 23.8. The third kappa shape index (κ3) is 5.14. The van der Waals surface area contributed by atoms with Crippen LogP contribution < -0.4 is 0 Å². The van der Waals surface area contributed by atoms with Gasteiger partial charge in [-0.1, -0.05) is 0 Å². The molecule has 4 atom stereocenters. The second-order valence-corrected chi connectivity index (χ2v) is 13.3. The van der Waals surface area contributed by atoms with Crippen molar-refractivity contribution in [2.24, 2.45) is 5.92 Å². The van der Waals surface area contributed by atoms with Gasteiger partial charge < -0.3 is 29.9 Å². The number of phenolic OH excluding ortho intramolecular Hbond substituents is 3. The lowest BCUT2D eigenvalue weighted by Crippen LogP contribution is -2.52. The van der Waals surface area contributed by atoms with Crippen molar-refractivity contribution in [1.29, 1.82) is 0 Å². The van der Waals surface area contributed by atoms with Gasteiger partial charge in [-0.2, -0.15) is 0 Å². The van der Waals surface area contributed by atoms with Gasteiger partial charge in [0.25, 0.3) is 0 Å². The molecule has 262 valence electrons. The molecule has 0 heterocycles. The molecule has 0 saturated carbocycles. The normalized spacial score (nSPS) is 20.6. The topological polar surface area (TPSA) is 219 Å². The summed E-state index contributed by atoms with van der Waals surface area (Å²) in [5.41, 5.74) is -4.97. The standard InChI is InChI=1S/C38H32O13/c1-13-11-22(41)27-29(24(13)14(2)50-16(4)39)34(45)20-9-7-18(32(43)25(20)36(27)47)19-8-10-21-26(33(19)44)37(48)28-23(42)12-38(6,49)31(30(28)35(21)46)15(3)51-17(5)40/h7-11,14-15,31,41,43-44,49H,12H2,1-6H3. The number of rotatable bonds is 5. The van der Waals surface area contributed by atoms with E-state index in [0.29, 0.717) is 5.56 Å².